The fourth-order valence-corrected chi connectivity index (χ4v) is 4.82. The van der Waals surface area contributed by atoms with Gasteiger partial charge in [-0.2, -0.15) is 0 Å². The molecule has 6 nitrogen and oxygen atoms in total. The molecule has 3 heterocycles. The van der Waals surface area contributed by atoms with Gasteiger partial charge in [0.2, 0.25) is 0 Å². The van der Waals surface area contributed by atoms with Gasteiger partial charge in [0.25, 0.3) is 11.7 Å². The van der Waals surface area contributed by atoms with Crippen molar-refractivity contribution in [2.75, 3.05) is 13.2 Å². The number of hydrogen-bond acceptors (Lipinski definition) is 5. The molecule has 7 heteroatoms. The number of nitrogens with zero attached hydrogens (tertiary/aromatic N) is 1. The molecule has 2 fully saturated rings. The minimum atomic E-state index is -1.02. The van der Waals surface area contributed by atoms with Gasteiger partial charge < -0.3 is 19.5 Å². The summed E-state index contributed by atoms with van der Waals surface area (Å²) in [7, 11) is 0. The van der Waals surface area contributed by atoms with Crippen LogP contribution in [0.5, 0.6) is 5.75 Å². The molecule has 5 rings (SSSR count). The molecule has 1 amide bonds. The van der Waals surface area contributed by atoms with Crippen LogP contribution in [0.3, 0.4) is 0 Å². The summed E-state index contributed by atoms with van der Waals surface area (Å²) in [6, 6.07) is 10.2. The number of aliphatic hydroxyl groups excluding tert-OH is 1. The number of ketones is 1. The zero-order valence-corrected chi connectivity index (χ0v) is 17.7. The lowest BCUT2D eigenvalue weighted by Gasteiger charge is -2.27. The van der Waals surface area contributed by atoms with Crippen molar-refractivity contribution in [1.29, 1.82) is 0 Å². The van der Waals surface area contributed by atoms with Crippen molar-refractivity contribution in [2.45, 2.75) is 44.4 Å². The molecular formula is C25H24FNO5. The van der Waals surface area contributed by atoms with Crippen LogP contribution in [0.2, 0.25) is 0 Å². The van der Waals surface area contributed by atoms with E-state index < -0.39 is 23.5 Å². The van der Waals surface area contributed by atoms with E-state index in [2.05, 4.69) is 0 Å². The number of benzene rings is 2. The van der Waals surface area contributed by atoms with E-state index in [1.165, 1.54) is 11.0 Å². The number of halogens is 1. The Morgan fingerprint density at radius 1 is 1.22 bits per heavy atom. The van der Waals surface area contributed by atoms with E-state index in [1.54, 1.807) is 36.4 Å². The summed E-state index contributed by atoms with van der Waals surface area (Å²) < 4.78 is 26.2. The standard InChI is InChI=1S/C25H24FNO5/c1-14-11-16-12-15(8-9-20(16)32-14)23(28)21-22(18-6-2-3-7-19(18)26)27(25(30)24(21)29)13-17-5-4-10-31-17/h2-3,6-9,12,14,17,22,28H,4-5,10-11,13H2,1H3/b23-21+. The van der Waals surface area contributed by atoms with Crippen molar-refractivity contribution < 1.29 is 28.6 Å². The zero-order valence-electron chi connectivity index (χ0n) is 17.7. The number of carbonyl (C=O) groups is 2. The van der Waals surface area contributed by atoms with Crippen LogP contribution in [0.1, 0.15) is 42.5 Å². The van der Waals surface area contributed by atoms with Gasteiger partial charge in [-0.25, -0.2) is 4.39 Å². The van der Waals surface area contributed by atoms with E-state index in [0.717, 1.165) is 24.2 Å². The molecule has 0 aromatic heterocycles. The molecule has 0 saturated carbocycles. The Kier molecular flexibility index (Phi) is 5.21. The molecule has 1 N–H and O–H groups in total. The Hall–Kier alpha value is -3.19. The third kappa shape index (κ3) is 3.46. The lowest BCUT2D eigenvalue weighted by Crippen LogP contribution is -2.36. The van der Waals surface area contributed by atoms with Gasteiger partial charge in [-0.1, -0.05) is 18.2 Å². The number of aliphatic hydroxyl groups is 1. The van der Waals surface area contributed by atoms with Gasteiger partial charge in [-0.05, 0) is 49.6 Å². The molecule has 0 radical (unpaired) electrons. The molecule has 32 heavy (non-hydrogen) atoms. The normalized spacial score (nSPS) is 26.4. The highest BCUT2D eigenvalue weighted by Gasteiger charge is 2.47. The molecule has 2 aromatic rings. The molecule has 3 aliphatic rings. The Morgan fingerprint density at radius 2 is 2.03 bits per heavy atom. The van der Waals surface area contributed by atoms with Crippen LogP contribution in [0.25, 0.3) is 5.76 Å². The maximum Gasteiger partial charge on any atom is 0.295 e. The Labute approximate surface area is 185 Å². The number of fused-ring (bicyclic) bond motifs is 1. The van der Waals surface area contributed by atoms with E-state index in [0.29, 0.717) is 18.6 Å². The number of Topliss-reactive ketones (excluding diaryl/α,β-unsaturated/α-hetero) is 1. The highest BCUT2D eigenvalue weighted by molar-refractivity contribution is 6.46. The van der Waals surface area contributed by atoms with Crippen molar-refractivity contribution in [3.63, 3.8) is 0 Å². The van der Waals surface area contributed by atoms with Crippen molar-refractivity contribution in [3.8, 4) is 5.75 Å². The van der Waals surface area contributed by atoms with Crippen LogP contribution >= 0.6 is 0 Å². The van der Waals surface area contributed by atoms with Crippen LogP contribution < -0.4 is 4.74 Å². The van der Waals surface area contributed by atoms with Gasteiger partial charge in [-0.15, -0.1) is 0 Å². The zero-order chi connectivity index (χ0) is 22.4. The molecule has 0 bridgehead atoms. The first kappa shape index (κ1) is 20.7. The Morgan fingerprint density at radius 3 is 2.78 bits per heavy atom. The van der Waals surface area contributed by atoms with Gasteiger partial charge >= 0.3 is 0 Å². The van der Waals surface area contributed by atoms with Crippen LogP contribution in [0.4, 0.5) is 4.39 Å². The van der Waals surface area contributed by atoms with E-state index >= 15 is 0 Å². The first-order chi connectivity index (χ1) is 15.4. The summed E-state index contributed by atoms with van der Waals surface area (Å²) in [5.74, 6) is -1.70. The number of hydrogen-bond donors (Lipinski definition) is 1. The quantitative estimate of drug-likeness (QED) is 0.448. The van der Waals surface area contributed by atoms with Crippen LogP contribution in [0, 0.1) is 5.82 Å². The molecule has 3 aliphatic heterocycles. The maximum atomic E-state index is 14.8. The summed E-state index contributed by atoms with van der Waals surface area (Å²) >= 11 is 0. The van der Waals surface area contributed by atoms with Gasteiger partial charge in [0, 0.05) is 30.7 Å². The summed E-state index contributed by atoms with van der Waals surface area (Å²) in [6.45, 7) is 2.71. The first-order valence-electron chi connectivity index (χ1n) is 10.9. The highest BCUT2D eigenvalue weighted by atomic mass is 19.1. The van der Waals surface area contributed by atoms with Gasteiger partial charge in [0.15, 0.2) is 0 Å². The summed E-state index contributed by atoms with van der Waals surface area (Å²) in [5.41, 5.74) is 1.38. The van der Waals surface area contributed by atoms with E-state index in [9.17, 15) is 19.1 Å². The monoisotopic (exact) mass is 437 g/mol. The lowest BCUT2D eigenvalue weighted by atomic mass is 9.94. The molecule has 2 aromatic carbocycles. The van der Waals surface area contributed by atoms with E-state index in [-0.39, 0.29) is 35.6 Å². The molecule has 166 valence electrons. The fraction of sp³-hybridized carbons (Fsp3) is 0.360. The molecular weight excluding hydrogens is 413 g/mol. The second-order valence-electron chi connectivity index (χ2n) is 8.56. The number of ether oxygens (including phenoxy) is 2. The second-order valence-corrected chi connectivity index (χ2v) is 8.56. The van der Waals surface area contributed by atoms with Crippen LogP contribution in [-0.4, -0.2) is 47.1 Å². The molecule has 3 unspecified atom stereocenters. The van der Waals surface area contributed by atoms with Gasteiger partial charge in [-0.3, -0.25) is 9.59 Å². The third-order valence-corrected chi connectivity index (χ3v) is 6.33. The first-order valence-corrected chi connectivity index (χ1v) is 10.9. The average molecular weight is 437 g/mol. The summed E-state index contributed by atoms with van der Waals surface area (Å²) in [4.78, 5) is 27.4. The number of amides is 1. The number of likely N-dealkylation sites (tertiary alicyclic amines) is 1. The molecule has 3 atom stereocenters. The largest absolute Gasteiger partial charge is 0.507 e. The molecule has 0 aliphatic carbocycles. The van der Waals surface area contributed by atoms with Gasteiger partial charge in [0.1, 0.15) is 23.4 Å². The van der Waals surface area contributed by atoms with E-state index in [4.69, 9.17) is 9.47 Å². The van der Waals surface area contributed by atoms with Crippen molar-refractivity contribution >= 4 is 17.4 Å². The summed E-state index contributed by atoms with van der Waals surface area (Å²) in [6.07, 6.45) is 2.12. The fourth-order valence-electron chi connectivity index (χ4n) is 4.82. The number of rotatable bonds is 4. The summed E-state index contributed by atoms with van der Waals surface area (Å²) in [5, 5.41) is 11.2. The van der Waals surface area contributed by atoms with Gasteiger partial charge in [0.05, 0.1) is 17.7 Å². The predicted molar refractivity (Wildman–Crippen MR) is 115 cm³/mol. The second kappa shape index (κ2) is 8.06. The minimum Gasteiger partial charge on any atom is -0.507 e. The topological polar surface area (TPSA) is 76.1 Å². The Balaban J connectivity index is 1.62. The average Bonchev–Trinajstić information content (AvgIpc) is 3.48. The Bertz CT molecular complexity index is 1120. The van der Waals surface area contributed by atoms with Crippen LogP contribution in [0.15, 0.2) is 48.0 Å². The molecule has 2 saturated heterocycles. The maximum absolute atomic E-state index is 14.8. The third-order valence-electron chi connectivity index (χ3n) is 6.33. The van der Waals surface area contributed by atoms with Crippen LogP contribution in [-0.2, 0) is 20.7 Å². The lowest BCUT2D eigenvalue weighted by molar-refractivity contribution is -0.140. The molecule has 0 spiro atoms. The van der Waals surface area contributed by atoms with E-state index in [1.807, 2.05) is 6.92 Å². The number of carbonyl (C=O) groups excluding carboxylic acids is 2. The van der Waals surface area contributed by atoms with Crippen molar-refractivity contribution in [3.05, 3.63) is 70.5 Å². The highest BCUT2D eigenvalue weighted by Crippen LogP contribution is 2.41. The van der Waals surface area contributed by atoms with Crippen molar-refractivity contribution in [2.24, 2.45) is 0 Å². The predicted octanol–water partition coefficient (Wildman–Crippen LogP) is 3.75. The SMILES string of the molecule is CC1Cc2cc(/C(O)=C3\C(=O)C(=O)N(CC4CCCO4)C3c3ccccc3F)ccc2O1. The minimum absolute atomic E-state index is 0.0257. The smallest absolute Gasteiger partial charge is 0.295 e. The van der Waals surface area contributed by atoms with Crippen molar-refractivity contribution in [1.82, 2.24) is 4.90 Å².